The Kier molecular flexibility index (Phi) is 2.52. The Morgan fingerprint density at radius 2 is 2.11 bits per heavy atom. The van der Waals surface area contributed by atoms with Crippen LogP contribution in [0.3, 0.4) is 0 Å². The van der Waals surface area contributed by atoms with Crippen molar-refractivity contribution in [2.75, 3.05) is 5.32 Å². The standard InChI is InChI=1S/C13H16N4S/c1-7-5-10(13-15-8(2)6-18-13)11-9(3)16-17(4)12(11)14-7/h5-6,10,14H,1-4H3. The maximum Gasteiger partial charge on any atom is 0.132 e. The highest BCUT2D eigenvalue weighted by molar-refractivity contribution is 7.09. The van der Waals surface area contributed by atoms with Gasteiger partial charge in [0.05, 0.1) is 11.6 Å². The van der Waals surface area contributed by atoms with Crippen LogP contribution in [-0.4, -0.2) is 14.8 Å². The number of aryl methyl sites for hydroxylation is 3. The van der Waals surface area contributed by atoms with E-state index in [1.807, 2.05) is 18.7 Å². The summed E-state index contributed by atoms with van der Waals surface area (Å²) in [6.45, 7) is 6.18. The maximum absolute atomic E-state index is 4.63. The number of hydrogen-bond acceptors (Lipinski definition) is 4. The number of anilines is 1. The minimum Gasteiger partial charge on any atom is -0.344 e. The Bertz CT molecular complexity index is 635. The van der Waals surface area contributed by atoms with Crippen LogP contribution in [0.1, 0.15) is 34.8 Å². The molecule has 0 fully saturated rings. The zero-order valence-electron chi connectivity index (χ0n) is 11.0. The van der Waals surface area contributed by atoms with Crippen LogP contribution >= 0.6 is 11.3 Å². The molecule has 0 bridgehead atoms. The van der Waals surface area contributed by atoms with Gasteiger partial charge in [-0.2, -0.15) is 5.10 Å². The number of allylic oxidation sites excluding steroid dienone is 2. The van der Waals surface area contributed by atoms with E-state index in [0.29, 0.717) is 0 Å². The van der Waals surface area contributed by atoms with Crippen molar-refractivity contribution in [1.29, 1.82) is 0 Å². The van der Waals surface area contributed by atoms with Crippen LogP contribution in [0.25, 0.3) is 0 Å². The first-order valence-electron chi connectivity index (χ1n) is 5.97. The predicted octanol–water partition coefficient (Wildman–Crippen LogP) is 2.95. The minimum absolute atomic E-state index is 0.230. The number of nitrogens with zero attached hydrogens (tertiary/aromatic N) is 3. The Labute approximate surface area is 110 Å². The van der Waals surface area contributed by atoms with Crippen molar-refractivity contribution in [2.45, 2.75) is 26.7 Å². The summed E-state index contributed by atoms with van der Waals surface area (Å²) in [6.07, 6.45) is 2.23. The van der Waals surface area contributed by atoms with Gasteiger partial charge in [0.15, 0.2) is 0 Å². The summed E-state index contributed by atoms with van der Waals surface area (Å²) in [7, 11) is 1.97. The smallest absolute Gasteiger partial charge is 0.132 e. The molecule has 1 atom stereocenters. The molecule has 0 radical (unpaired) electrons. The molecule has 94 valence electrons. The Morgan fingerprint density at radius 1 is 1.33 bits per heavy atom. The van der Waals surface area contributed by atoms with Crippen LogP contribution < -0.4 is 5.32 Å². The molecular weight excluding hydrogens is 244 g/mol. The van der Waals surface area contributed by atoms with E-state index in [1.165, 1.54) is 5.56 Å². The second kappa shape index (κ2) is 3.95. The number of rotatable bonds is 1. The molecule has 1 aliphatic heterocycles. The molecule has 2 aromatic heterocycles. The summed E-state index contributed by atoms with van der Waals surface area (Å²) < 4.78 is 1.91. The van der Waals surface area contributed by atoms with Crippen molar-refractivity contribution < 1.29 is 0 Å². The SMILES string of the molecule is CC1=CC(c2nc(C)cs2)c2c(C)nn(C)c2N1. The van der Waals surface area contributed by atoms with Crippen molar-refractivity contribution in [3.05, 3.63) is 39.1 Å². The monoisotopic (exact) mass is 260 g/mol. The van der Waals surface area contributed by atoms with E-state index in [1.54, 1.807) is 11.3 Å². The van der Waals surface area contributed by atoms with Crippen LogP contribution in [0.5, 0.6) is 0 Å². The van der Waals surface area contributed by atoms with Gasteiger partial charge in [0, 0.05) is 29.4 Å². The molecule has 3 rings (SSSR count). The molecule has 0 amide bonds. The quantitative estimate of drug-likeness (QED) is 0.857. The Hall–Kier alpha value is -1.62. The molecule has 0 saturated carbocycles. The third-order valence-electron chi connectivity index (χ3n) is 3.21. The van der Waals surface area contributed by atoms with E-state index in [-0.39, 0.29) is 5.92 Å². The molecule has 0 spiro atoms. The molecule has 18 heavy (non-hydrogen) atoms. The number of nitrogens with one attached hydrogen (secondary N) is 1. The molecule has 0 aliphatic carbocycles. The predicted molar refractivity (Wildman–Crippen MR) is 74.0 cm³/mol. The number of thiazole rings is 1. The zero-order valence-corrected chi connectivity index (χ0v) is 11.8. The first-order chi connectivity index (χ1) is 8.56. The molecule has 4 nitrogen and oxygen atoms in total. The van der Waals surface area contributed by atoms with Gasteiger partial charge in [-0.05, 0) is 20.8 Å². The van der Waals surface area contributed by atoms with Gasteiger partial charge in [-0.15, -0.1) is 11.3 Å². The maximum atomic E-state index is 4.63. The van der Waals surface area contributed by atoms with Crippen molar-refractivity contribution >= 4 is 17.2 Å². The average Bonchev–Trinajstić information content (AvgIpc) is 2.84. The summed E-state index contributed by atoms with van der Waals surface area (Å²) in [6, 6.07) is 0. The molecule has 0 aromatic carbocycles. The molecule has 5 heteroatoms. The second-order valence-electron chi connectivity index (χ2n) is 4.75. The Morgan fingerprint density at radius 3 is 2.78 bits per heavy atom. The largest absolute Gasteiger partial charge is 0.344 e. The van der Waals surface area contributed by atoms with Crippen LogP contribution in [0.2, 0.25) is 0 Å². The topological polar surface area (TPSA) is 42.7 Å². The van der Waals surface area contributed by atoms with Gasteiger partial charge in [0.1, 0.15) is 10.8 Å². The summed E-state index contributed by atoms with van der Waals surface area (Å²) >= 11 is 1.72. The second-order valence-corrected chi connectivity index (χ2v) is 5.64. The van der Waals surface area contributed by atoms with Gasteiger partial charge in [0.25, 0.3) is 0 Å². The highest BCUT2D eigenvalue weighted by Crippen LogP contribution is 2.39. The summed E-state index contributed by atoms with van der Waals surface area (Å²) in [5.41, 5.74) is 4.56. The first-order valence-corrected chi connectivity index (χ1v) is 6.85. The van der Waals surface area contributed by atoms with E-state index in [0.717, 1.165) is 27.9 Å². The summed E-state index contributed by atoms with van der Waals surface area (Å²) in [5, 5.41) is 11.1. The van der Waals surface area contributed by atoms with E-state index in [2.05, 4.69) is 40.7 Å². The van der Waals surface area contributed by atoms with Crippen LogP contribution in [0, 0.1) is 13.8 Å². The van der Waals surface area contributed by atoms with E-state index in [4.69, 9.17) is 0 Å². The molecule has 1 unspecified atom stereocenters. The lowest BCUT2D eigenvalue weighted by Gasteiger charge is -2.21. The zero-order chi connectivity index (χ0) is 12.9. The average molecular weight is 260 g/mol. The van der Waals surface area contributed by atoms with Crippen molar-refractivity contribution in [3.8, 4) is 0 Å². The van der Waals surface area contributed by atoms with Gasteiger partial charge in [-0.25, -0.2) is 4.98 Å². The highest BCUT2D eigenvalue weighted by atomic mass is 32.1. The summed E-state index contributed by atoms with van der Waals surface area (Å²) in [4.78, 5) is 4.63. The number of fused-ring (bicyclic) bond motifs is 1. The molecule has 1 N–H and O–H groups in total. The van der Waals surface area contributed by atoms with Crippen LogP contribution in [0.15, 0.2) is 17.2 Å². The van der Waals surface area contributed by atoms with Crippen LogP contribution in [-0.2, 0) is 7.05 Å². The van der Waals surface area contributed by atoms with Crippen molar-refractivity contribution in [3.63, 3.8) is 0 Å². The van der Waals surface area contributed by atoms with Crippen molar-refractivity contribution in [2.24, 2.45) is 7.05 Å². The number of aromatic nitrogens is 3. The normalized spacial score (nSPS) is 18.2. The Balaban J connectivity index is 2.17. The minimum atomic E-state index is 0.230. The van der Waals surface area contributed by atoms with E-state index < -0.39 is 0 Å². The van der Waals surface area contributed by atoms with E-state index in [9.17, 15) is 0 Å². The lowest BCUT2D eigenvalue weighted by molar-refractivity contribution is 0.762. The third kappa shape index (κ3) is 1.66. The number of hydrogen-bond donors (Lipinski definition) is 1. The molecular formula is C13H16N4S. The fourth-order valence-corrected chi connectivity index (χ4v) is 3.34. The van der Waals surface area contributed by atoms with Gasteiger partial charge >= 0.3 is 0 Å². The van der Waals surface area contributed by atoms with Gasteiger partial charge in [0.2, 0.25) is 0 Å². The highest BCUT2D eigenvalue weighted by Gasteiger charge is 2.27. The van der Waals surface area contributed by atoms with Gasteiger partial charge < -0.3 is 5.32 Å². The van der Waals surface area contributed by atoms with Crippen molar-refractivity contribution in [1.82, 2.24) is 14.8 Å². The first kappa shape index (κ1) is 11.5. The lowest BCUT2D eigenvalue weighted by Crippen LogP contribution is -2.13. The fraction of sp³-hybridized carbons (Fsp3) is 0.385. The molecule has 1 aliphatic rings. The van der Waals surface area contributed by atoms with Crippen LogP contribution in [0.4, 0.5) is 5.82 Å². The summed E-state index contributed by atoms with van der Waals surface area (Å²) in [5.74, 6) is 1.32. The lowest BCUT2D eigenvalue weighted by atomic mass is 9.95. The molecule has 2 aromatic rings. The third-order valence-corrected chi connectivity index (χ3v) is 4.26. The van der Waals surface area contributed by atoms with Gasteiger partial charge in [-0.3, -0.25) is 4.68 Å². The molecule has 0 saturated heterocycles. The van der Waals surface area contributed by atoms with Gasteiger partial charge in [-0.1, -0.05) is 6.08 Å². The molecule has 3 heterocycles. The fourth-order valence-electron chi connectivity index (χ4n) is 2.47. The van der Waals surface area contributed by atoms with E-state index >= 15 is 0 Å².